The van der Waals surface area contributed by atoms with Crippen LogP contribution in [-0.4, -0.2) is 16.4 Å². The zero-order valence-corrected chi connectivity index (χ0v) is 12.5. The summed E-state index contributed by atoms with van der Waals surface area (Å²) in [6.07, 6.45) is 4.90. The molecule has 5 heteroatoms. The van der Waals surface area contributed by atoms with E-state index in [1.165, 1.54) is 0 Å². The van der Waals surface area contributed by atoms with Crippen molar-refractivity contribution in [3.05, 3.63) is 82.6 Å². The van der Waals surface area contributed by atoms with E-state index in [-0.39, 0.29) is 5.92 Å². The van der Waals surface area contributed by atoms with Crippen molar-refractivity contribution in [2.24, 2.45) is 0 Å². The summed E-state index contributed by atoms with van der Waals surface area (Å²) in [7, 11) is 0. The second-order valence-electron chi connectivity index (χ2n) is 4.73. The predicted molar refractivity (Wildman–Crippen MR) is 84.5 cm³/mol. The van der Waals surface area contributed by atoms with Gasteiger partial charge in [0.15, 0.2) is 0 Å². The fourth-order valence-electron chi connectivity index (χ4n) is 2.49. The van der Waals surface area contributed by atoms with Crippen LogP contribution in [0.3, 0.4) is 0 Å². The lowest BCUT2D eigenvalue weighted by molar-refractivity contribution is -0.134. The minimum Gasteiger partial charge on any atom is -0.459 e. The van der Waals surface area contributed by atoms with Crippen LogP contribution in [0.4, 0.5) is 0 Å². The van der Waals surface area contributed by atoms with Crippen molar-refractivity contribution in [1.29, 1.82) is 0 Å². The molecule has 0 fully saturated rings. The number of nitrogens with zero attached hydrogens (tertiary/aromatic N) is 2. The van der Waals surface area contributed by atoms with Gasteiger partial charge in [0.25, 0.3) is 6.47 Å². The van der Waals surface area contributed by atoms with Crippen LogP contribution < -0.4 is 0 Å². The Kier molecular flexibility index (Phi) is 4.56. The van der Waals surface area contributed by atoms with E-state index in [1.54, 1.807) is 29.2 Å². The van der Waals surface area contributed by atoms with E-state index < -0.39 is 6.10 Å². The SMILES string of the molecule is O=COC(c1ccccc1)C(c1ccncc1)c1cncs1. The van der Waals surface area contributed by atoms with Crippen molar-refractivity contribution in [2.75, 3.05) is 0 Å². The lowest BCUT2D eigenvalue weighted by Crippen LogP contribution is -2.15. The topological polar surface area (TPSA) is 52.1 Å². The maximum atomic E-state index is 11.0. The molecule has 0 aliphatic carbocycles. The highest BCUT2D eigenvalue weighted by molar-refractivity contribution is 7.09. The first kappa shape index (κ1) is 14.4. The zero-order chi connectivity index (χ0) is 15.2. The van der Waals surface area contributed by atoms with E-state index in [9.17, 15) is 4.79 Å². The monoisotopic (exact) mass is 310 g/mol. The van der Waals surface area contributed by atoms with Crippen LogP contribution in [0.15, 0.2) is 66.6 Å². The summed E-state index contributed by atoms with van der Waals surface area (Å²) in [6, 6.07) is 13.6. The molecule has 2 aromatic heterocycles. The number of rotatable bonds is 6. The molecule has 0 bridgehead atoms. The molecule has 0 saturated heterocycles. The highest BCUT2D eigenvalue weighted by atomic mass is 32.1. The molecule has 0 radical (unpaired) electrons. The Hall–Kier alpha value is -2.53. The van der Waals surface area contributed by atoms with Gasteiger partial charge in [-0.3, -0.25) is 14.8 Å². The first-order chi connectivity index (χ1) is 10.9. The minimum atomic E-state index is -0.401. The van der Waals surface area contributed by atoms with E-state index in [2.05, 4.69) is 9.97 Å². The summed E-state index contributed by atoms with van der Waals surface area (Å²) >= 11 is 1.55. The largest absolute Gasteiger partial charge is 0.459 e. The number of aromatic nitrogens is 2. The third-order valence-corrected chi connectivity index (χ3v) is 4.31. The lowest BCUT2D eigenvalue weighted by atomic mass is 9.88. The van der Waals surface area contributed by atoms with Gasteiger partial charge in [0.1, 0.15) is 6.10 Å². The molecule has 0 saturated carbocycles. The molecule has 2 unspecified atom stereocenters. The fourth-order valence-corrected chi connectivity index (χ4v) is 3.26. The summed E-state index contributed by atoms with van der Waals surface area (Å²) in [5.74, 6) is -0.108. The van der Waals surface area contributed by atoms with Gasteiger partial charge in [-0.15, -0.1) is 11.3 Å². The number of carbonyl (C=O) groups excluding carboxylic acids is 1. The van der Waals surface area contributed by atoms with Crippen LogP contribution in [0.25, 0.3) is 0 Å². The van der Waals surface area contributed by atoms with Crippen LogP contribution in [0, 0.1) is 0 Å². The van der Waals surface area contributed by atoms with Crippen molar-refractivity contribution in [3.63, 3.8) is 0 Å². The molecule has 2 heterocycles. The molecule has 3 aromatic rings. The van der Waals surface area contributed by atoms with Gasteiger partial charge < -0.3 is 4.74 Å². The Morgan fingerprint density at radius 1 is 1.00 bits per heavy atom. The van der Waals surface area contributed by atoms with Crippen LogP contribution in [-0.2, 0) is 9.53 Å². The van der Waals surface area contributed by atoms with E-state index >= 15 is 0 Å². The van der Waals surface area contributed by atoms with Crippen molar-refractivity contribution in [2.45, 2.75) is 12.0 Å². The van der Waals surface area contributed by atoms with Gasteiger partial charge in [-0.1, -0.05) is 30.3 Å². The molecule has 0 N–H and O–H groups in total. The van der Waals surface area contributed by atoms with Crippen LogP contribution in [0.2, 0.25) is 0 Å². The molecule has 0 aliphatic rings. The van der Waals surface area contributed by atoms with Gasteiger partial charge in [-0.2, -0.15) is 0 Å². The highest BCUT2D eigenvalue weighted by Gasteiger charge is 2.29. The average molecular weight is 310 g/mol. The number of carbonyl (C=O) groups is 1. The molecule has 4 nitrogen and oxygen atoms in total. The van der Waals surface area contributed by atoms with Gasteiger partial charge >= 0.3 is 0 Å². The summed E-state index contributed by atoms with van der Waals surface area (Å²) in [6.45, 7) is 0.507. The fraction of sp³-hybridized carbons (Fsp3) is 0.118. The van der Waals surface area contributed by atoms with Gasteiger partial charge in [0.2, 0.25) is 0 Å². The summed E-state index contributed by atoms with van der Waals surface area (Å²) < 4.78 is 5.45. The van der Waals surface area contributed by atoms with Gasteiger partial charge in [-0.25, -0.2) is 0 Å². The van der Waals surface area contributed by atoms with Crippen molar-refractivity contribution < 1.29 is 9.53 Å². The summed E-state index contributed by atoms with van der Waals surface area (Å²) in [5, 5.41) is 0. The molecule has 1 aromatic carbocycles. The number of hydrogen-bond donors (Lipinski definition) is 0. The first-order valence-electron chi connectivity index (χ1n) is 6.82. The van der Waals surface area contributed by atoms with Gasteiger partial charge in [0.05, 0.1) is 11.4 Å². The quantitative estimate of drug-likeness (QED) is 0.653. The molecule has 22 heavy (non-hydrogen) atoms. The maximum Gasteiger partial charge on any atom is 0.293 e. The Bertz CT molecular complexity index is 702. The Morgan fingerprint density at radius 2 is 1.77 bits per heavy atom. The molecule has 2 atom stereocenters. The van der Waals surface area contributed by atoms with Crippen molar-refractivity contribution >= 4 is 17.8 Å². The lowest BCUT2D eigenvalue weighted by Gasteiger charge is -2.25. The number of ether oxygens (including phenoxy) is 1. The van der Waals surface area contributed by atoms with Gasteiger partial charge in [-0.05, 0) is 23.3 Å². The van der Waals surface area contributed by atoms with E-state index in [0.717, 1.165) is 16.0 Å². The molecular formula is C17H14N2O2S. The number of pyridine rings is 1. The molecular weight excluding hydrogens is 296 g/mol. The molecule has 0 spiro atoms. The van der Waals surface area contributed by atoms with Crippen LogP contribution in [0.1, 0.15) is 28.0 Å². The third-order valence-electron chi connectivity index (χ3n) is 3.46. The van der Waals surface area contributed by atoms with Gasteiger partial charge in [0, 0.05) is 23.5 Å². The van der Waals surface area contributed by atoms with E-state index in [1.807, 2.05) is 48.7 Å². The molecule has 110 valence electrons. The molecule has 3 rings (SSSR count). The third kappa shape index (κ3) is 3.04. The average Bonchev–Trinajstić information content (AvgIpc) is 3.10. The second-order valence-corrected chi connectivity index (χ2v) is 5.64. The van der Waals surface area contributed by atoms with E-state index in [4.69, 9.17) is 4.74 Å². The van der Waals surface area contributed by atoms with Crippen LogP contribution in [0.5, 0.6) is 0 Å². The Balaban J connectivity index is 2.08. The van der Waals surface area contributed by atoms with Crippen molar-refractivity contribution in [3.8, 4) is 0 Å². The zero-order valence-electron chi connectivity index (χ0n) is 11.7. The normalized spacial score (nSPS) is 13.3. The number of hydrogen-bond acceptors (Lipinski definition) is 5. The smallest absolute Gasteiger partial charge is 0.293 e. The Labute approximate surface area is 132 Å². The standard InChI is InChI=1S/C17H14N2O2S/c20-12-21-17(14-4-2-1-3-5-14)16(15-10-19-11-22-15)13-6-8-18-9-7-13/h1-12,16-17H. The van der Waals surface area contributed by atoms with Crippen molar-refractivity contribution in [1.82, 2.24) is 9.97 Å². The Morgan fingerprint density at radius 3 is 2.41 bits per heavy atom. The first-order valence-corrected chi connectivity index (χ1v) is 7.70. The van der Waals surface area contributed by atoms with E-state index in [0.29, 0.717) is 6.47 Å². The second kappa shape index (κ2) is 6.95. The number of thiazole rings is 1. The summed E-state index contributed by atoms with van der Waals surface area (Å²) in [4.78, 5) is 20.3. The highest BCUT2D eigenvalue weighted by Crippen LogP contribution is 2.40. The number of benzene rings is 1. The minimum absolute atomic E-state index is 0.108. The molecule has 0 amide bonds. The summed E-state index contributed by atoms with van der Waals surface area (Å²) in [5.41, 5.74) is 3.77. The maximum absolute atomic E-state index is 11.0. The molecule has 0 aliphatic heterocycles. The predicted octanol–water partition coefficient (Wildman–Crippen LogP) is 3.58. The van der Waals surface area contributed by atoms with Crippen LogP contribution >= 0.6 is 11.3 Å².